The van der Waals surface area contributed by atoms with Crippen molar-refractivity contribution in [3.63, 3.8) is 0 Å². The van der Waals surface area contributed by atoms with E-state index in [9.17, 15) is 4.79 Å². The van der Waals surface area contributed by atoms with Gasteiger partial charge in [0.05, 0.1) is 12.8 Å². The van der Waals surface area contributed by atoms with Crippen LogP contribution in [0.3, 0.4) is 0 Å². The molecule has 0 spiro atoms. The maximum Gasteiger partial charge on any atom is 0.420 e. The minimum Gasteiger partial charge on any atom is -0.495 e. The Morgan fingerprint density at radius 1 is 1.17 bits per heavy atom. The van der Waals surface area contributed by atoms with Crippen LogP contribution in [0.2, 0.25) is 0 Å². The first kappa shape index (κ1) is 16.8. The number of amides is 1. The van der Waals surface area contributed by atoms with Gasteiger partial charge in [-0.1, -0.05) is 12.1 Å². The molecule has 0 saturated carbocycles. The average molecular weight is 314 g/mol. The molecule has 0 bridgehead atoms. The molecule has 0 radical (unpaired) electrons. The molecule has 0 aliphatic carbocycles. The molecule has 0 saturated heterocycles. The van der Waals surface area contributed by atoms with Gasteiger partial charge in [-0.25, -0.2) is 14.7 Å². The molecule has 1 heterocycles. The summed E-state index contributed by atoms with van der Waals surface area (Å²) in [6, 6.07) is 11.0. The lowest BCUT2D eigenvalue weighted by Crippen LogP contribution is -2.34. The first-order valence-corrected chi connectivity index (χ1v) is 7.40. The number of rotatable bonds is 3. The molecule has 0 fully saturated rings. The predicted octanol–water partition coefficient (Wildman–Crippen LogP) is 4.47. The van der Waals surface area contributed by atoms with E-state index in [1.165, 1.54) is 4.90 Å². The molecule has 5 nitrogen and oxygen atoms in total. The zero-order valence-electron chi connectivity index (χ0n) is 14.2. The zero-order chi connectivity index (χ0) is 17.0. The minimum absolute atomic E-state index is 0.490. The average Bonchev–Trinajstić information content (AvgIpc) is 2.46. The lowest BCUT2D eigenvalue weighted by atomic mass is 10.2. The highest BCUT2D eigenvalue weighted by molar-refractivity contribution is 5.96. The highest BCUT2D eigenvalue weighted by Crippen LogP contribution is 2.34. The summed E-state index contributed by atoms with van der Waals surface area (Å²) in [4.78, 5) is 18.5. The lowest BCUT2D eigenvalue weighted by Gasteiger charge is -2.27. The third-order valence-electron chi connectivity index (χ3n) is 3.03. The van der Waals surface area contributed by atoms with Crippen LogP contribution in [0, 0.1) is 6.92 Å². The Kier molecular flexibility index (Phi) is 4.89. The van der Waals surface area contributed by atoms with Crippen LogP contribution >= 0.6 is 0 Å². The third kappa shape index (κ3) is 4.22. The van der Waals surface area contributed by atoms with Gasteiger partial charge < -0.3 is 9.47 Å². The quantitative estimate of drug-likeness (QED) is 0.838. The molecule has 0 atom stereocenters. The van der Waals surface area contributed by atoms with Gasteiger partial charge in [-0.3, -0.25) is 0 Å². The van der Waals surface area contributed by atoms with Gasteiger partial charge in [0.1, 0.15) is 17.2 Å². The van der Waals surface area contributed by atoms with Crippen molar-refractivity contribution in [1.82, 2.24) is 4.98 Å². The second kappa shape index (κ2) is 6.69. The number of ether oxygens (including phenoxy) is 2. The molecule has 122 valence electrons. The van der Waals surface area contributed by atoms with Crippen molar-refractivity contribution in [2.45, 2.75) is 33.3 Å². The van der Waals surface area contributed by atoms with Crippen LogP contribution in [-0.2, 0) is 4.74 Å². The summed E-state index contributed by atoms with van der Waals surface area (Å²) >= 11 is 0. The molecule has 0 aliphatic heterocycles. The molecule has 0 aliphatic rings. The summed E-state index contributed by atoms with van der Waals surface area (Å²) in [5, 5.41) is 0. The molecule has 2 rings (SSSR count). The van der Waals surface area contributed by atoms with Crippen molar-refractivity contribution in [2.24, 2.45) is 0 Å². The number of hydrogen-bond acceptors (Lipinski definition) is 4. The fraction of sp³-hybridized carbons (Fsp3) is 0.333. The van der Waals surface area contributed by atoms with E-state index in [4.69, 9.17) is 9.47 Å². The number of anilines is 2. The first-order chi connectivity index (χ1) is 10.8. The molecule has 1 aromatic heterocycles. The highest BCUT2D eigenvalue weighted by Gasteiger charge is 2.27. The summed E-state index contributed by atoms with van der Waals surface area (Å²) in [5.74, 6) is 1.06. The molecular formula is C18H22N2O3. The van der Waals surface area contributed by atoms with Crippen LogP contribution in [0.4, 0.5) is 16.3 Å². The Bertz CT molecular complexity index is 693. The minimum atomic E-state index is -0.610. The third-order valence-corrected chi connectivity index (χ3v) is 3.03. The number of methoxy groups -OCH3 is 1. The Balaban J connectivity index is 2.53. The standard InChI is InChI=1S/C18H22N2O3/c1-13-10-11-19-16(12-13)20(17(21)23-18(2,3)4)14-8-6-7-9-15(14)22-5/h6-12H,1-5H3. The number of aromatic nitrogens is 1. The van der Waals surface area contributed by atoms with E-state index >= 15 is 0 Å². The molecule has 5 heteroatoms. The number of nitrogens with zero attached hydrogens (tertiary/aromatic N) is 2. The van der Waals surface area contributed by atoms with Gasteiger partial charge in [0.15, 0.2) is 0 Å². The Labute approximate surface area is 136 Å². The lowest BCUT2D eigenvalue weighted by molar-refractivity contribution is 0.0597. The monoisotopic (exact) mass is 314 g/mol. The number of carbonyl (C=O) groups is 1. The summed E-state index contributed by atoms with van der Waals surface area (Å²) in [5.41, 5.74) is 0.974. The number of para-hydroxylation sites is 2. The maximum atomic E-state index is 12.7. The van der Waals surface area contributed by atoms with Gasteiger partial charge in [-0.2, -0.15) is 0 Å². The fourth-order valence-corrected chi connectivity index (χ4v) is 2.08. The van der Waals surface area contributed by atoms with Crippen LogP contribution in [0.1, 0.15) is 26.3 Å². The normalized spacial score (nSPS) is 11.0. The van der Waals surface area contributed by atoms with E-state index in [2.05, 4.69) is 4.98 Å². The van der Waals surface area contributed by atoms with E-state index in [0.717, 1.165) is 5.56 Å². The first-order valence-electron chi connectivity index (χ1n) is 7.40. The van der Waals surface area contributed by atoms with Crippen molar-refractivity contribution >= 4 is 17.6 Å². The van der Waals surface area contributed by atoms with Gasteiger partial charge in [0.2, 0.25) is 0 Å². The Morgan fingerprint density at radius 2 is 1.87 bits per heavy atom. The van der Waals surface area contributed by atoms with Gasteiger partial charge in [0, 0.05) is 6.20 Å². The fourth-order valence-electron chi connectivity index (χ4n) is 2.08. The molecule has 0 N–H and O–H groups in total. The topological polar surface area (TPSA) is 51.7 Å². The van der Waals surface area contributed by atoms with Crippen LogP contribution in [0.5, 0.6) is 5.75 Å². The zero-order valence-corrected chi connectivity index (χ0v) is 14.2. The van der Waals surface area contributed by atoms with Crippen molar-refractivity contribution in [1.29, 1.82) is 0 Å². The van der Waals surface area contributed by atoms with Gasteiger partial charge in [0.25, 0.3) is 0 Å². The second-order valence-electron chi connectivity index (χ2n) is 6.18. The van der Waals surface area contributed by atoms with Crippen molar-refractivity contribution < 1.29 is 14.3 Å². The molecule has 1 aromatic carbocycles. The molecule has 1 amide bonds. The van der Waals surface area contributed by atoms with E-state index in [1.807, 2.05) is 52.0 Å². The molecule has 2 aromatic rings. The molecular weight excluding hydrogens is 292 g/mol. The number of benzene rings is 1. The smallest absolute Gasteiger partial charge is 0.420 e. The van der Waals surface area contributed by atoms with Gasteiger partial charge in [-0.05, 0) is 57.5 Å². The molecule has 0 unspecified atom stereocenters. The number of hydrogen-bond donors (Lipinski definition) is 0. The van der Waals surface area contributed by atoms with E-state index in [-0.39, 0.29) is 0 Å². The molecule has 23 heavy (non-hydrogen) atoms. The summed E-state index contributed by atoms with van der Waals surface area (Å²) < 4.78 is 10.9. The van der Waals surface area contributed by atoms with Gasteiger partial charge >= 0.3 is 6.09 Å². The van der Waals surface area contributed by atoms with E-state index in [1.54, 1.807) is 25.4 Å². The summed E-state index contributed by atoms with van der Waals surface area (Å²) in [7, 11) is 1.57. The largest absolute Gasteiger partial charge is 0.495 e. The van der Waals surface area contributed by atoms with E-state index < -0.39 is 11.7 Å². The van der Waals surface area contributed by atoms with Gasteiger partial charge in [-0.15, -0.1) is 0 Å². The predicted molar refractivity (Wildman–Crippen MR) is 90.3 cm³/mol. The number of pyridine rings is 1. The maximum absolute atomic E-state index is 12.7. The number of aryl methyl sites for hydroxylation is 1. The SMILES string of the molecule is COc1ccccc1N(C(=O)OC(C)(C)C)c1cc(C)ccn1. The Morgan fingerprint density at radius 3 is 2.48 bits per heavy atom. The van der Waals surface area contributed by atoms with E-state index in [0.29, 0.717) is 17.3 Å². The van der Waals surface area contributed by atoms with Crippen LogP contribution in [0.15, 0.2) is 42.6 Å². The van der Waals surface area contributed by atoms with Crippen LogP contribution < -0.4 is 9.64 Å². The highest BCUT2D eigenvalue weighted by atomic mass is 16.6. The number of carbonyl (C=O) groups excluding carboxylic acids is 1. The summed E-state index contributed by atoms with van der Waals surface area (Å²) in [6.07, 6.45) is 1.16. The summed E-state index contributed by atoms with van der Waals surface area (Å²) in [6.45, 7) is 7.43. The van der Waals surface area contributed by atoms with Crippen LogP contribution in [0.25, 0.3) is 0 Å². The van der Waals surface area contributed by atoms with Crippen LogP contribution in [-0.4, -0.2) is 23.8 Å². The Hall–Kier alpha value is -2.56. The van der Waals surface area contributed by atoms with Crippen molar-refractivity contribution in [3.8, 4) is 5.75 Å². The second-order valence-corrected chi connectivity index (χ2v) is 6.18. The van der Waals surface area contributed by atoms with Crippen molar-refractivity contribution in [2.75, 3.05) is 12.0 Å². The van der Waals surface area contributed by atoms with Crippen molar-refractivity contribution in [3.05, 3.63) is 48.2 Å².